The van der Waals surface area contributed by atoms with Crippen molar-refractivity contribution in [1.82, 2.24) is 0 Å². The Morgan fingerprint density at radius 3 is 2.59 bits per heavy atom. The number of phenols is 1. The zero-order valence-corrected chi connectivity index (χ0v) is 13.2. The largest absolute Gasteiger partial charge is 0.504 e. The van der Waals surface area contributed by atoms with Crippen LogP contribution in [0.15, 0.2) is 30.3 Å². The number of ether oxygens (including phenoxy) is 1. The van der Waals surface area contributed by atoms with Crippen molar-refractivity contribution in [2.75, 3.05) is 6.61 Å². The lowest BCUT2D eigenvalue weighted by Gasteiger charge is -2.14. The van der Waals surface area contributed by atoms with Crippen molar-refractivity contribution in [1.29, 1.82) is 0 Å². The fourth-order valence-corrected chi connectivity index (χ4v) is 2.58. The Kier molecular flexibility index (Phi) is 6.07. The standard InChI is InChI=1S/C15H19O6P/c1-2-3-6-9-19-14-10-13(16)15(20-22(18)21-17)12-8-5-4-7-11(12)14/h4-5,7-8,10,16-17,22H,2-3,6,9H2,1H3. The van der Waals surface area contributed by atoms with Crippen molar-refractivity contribution in [3.8, 4) is 17.2 Å². The third-order valence-corrected chi connectivity index (χ3v) is 3.72. The molecule has 0 amide bonds. The van der Waals surface area contributed by atoms with Gasteiger partial charge in [-0.1, -0.05) is 44.0 Å². The molecule has 1 atom stereocenters. The van der Waals surface area contributed by atoms with Gasteiger partial charge in [-0.3, -0.25) is 0 Å². The molecule has 0 aromatic heterocycles. The second-order valence-corrected chi connectivity index (χ2v) is 5.65. The molecule has 2 rings (SSSR count). The molecule has 0 bridgehead atoms. The van der Waals surface area contributed by atoms with Gasteiger partial charge < -0.3 is 14.4 Å². The molecule has 2 aromatic carbocycles. The summed E-state index contributed by atoms with van der Waals surface area (Å²) in [6.07, 6.45) is 3.09. The van der Waals surface area contributed by atoms with Crippen molar-refractivity contribution < 1.29 is 28.9 Å². The molecule has 0 saturated heterocycles. The van der Waals surface area contributed by atoms with E-state index in [0.717, 1.165) is 24.6 Å². The first-order valence-corrected chi connectivity index (χ1v) is 8.30. The van der Waals surface area contributed by atoms with E-state index in [4.69, 9.17) is 14.5 Å². The zero-order chi connectivity index (χ0) is 15.9. The van der Waals surface area contributed by atoms with Crippen molar-refractivity contribution >= 4 is 19.0 Å². The predicted octanol–water partition coefficient (Wildman–Crippen LogP) is 4.37. The monoisotopic (exact) mass is 326 g/mol. The lowest BCUT2D eigenvalue weighted by molar-refractivity contribution is -0.137. The molecular weight excluding hydrogens is 307 g/mol. The second kappa shape index (κ2) is 8.03. The Balaban J connectivity index is 2.35. The van der Waals surface area contributed by atoms with Crippen LogP contribution in [0.3, 0.4) is 0 Å². The van der Waals surface area contributed by atoms with Crippen LogP contribution in [0.4, 0.5) is 0 Å². The van der Waals surface area contributed by atoms with Crippen molar-refractivity contribution in [3.63, 3.8) is 0 Å². The summed E-state index contributed by atoms with van der Waals surface area (Å²) in [4.78, 5) is 0. The van der Waals surface area contributed by atoms with E-state index in [1.54, 1.807) is 12.1 Å². The summed E-state index contributed by atoms with van der Waals surface area (Å²) in [5.74, 6) is 0.301. The average Bonchev–Trinajstić information content (AvgIpc) is 2.54. The van der Waals surface area contributed by atoms with Crippen LogP contribution in [0.25, 0.3) is 10.8 Å². The van der Waals surface area contributed by atoms with Crippen molar-refractivity contribution in [2.45, 2.75) is 26.2 Å². The Hall–Kier alpha value is -1.75. The van der Waals surface area contributed by atoms with E-state index in [1.807, 2.05) is 12.1 Å². The SMILES string of the molecule is CCCCCOc1cc(O)c(O[PH](=O)OO)c2ccccc12. The number of aromatic hydroxyl groups is 1. The Labute approximate surface area is 129 Å². The highest BCUT2D eigenvalue weighted by molar-refractivity contribution is 7.33. The van der Waals surface area contributed by atoms with Gasteiger partial charge in [0.25, 0.3) is 0 Å². The minimum atomic E-state index is -3.13. The summed E-state index contributed by atoms with van der Waals surface area (Å²) in [6, 6.07) is 8.51. The summed E-state index contributed by atoms with van der Waals surface area (Å²) in [5.41, 5.74) is 0. The first-order valence-electron chi connectivity index (χ1n) is 7.08. The molecule has 0 heterocycles. The van der Waals surface area contributed by atoms with Crippen LogP contribution in [0.2, 0.25) is 0 Å². The van der Waals surface area contributed by atoms with Crippen LogP contribution in [0.5, 0.6) is 17.2 Å². The van der Waals surface area contributed by atoms with E-state index in [1.165, 1.54) is 6.07 Å². The Morgan fingerprint density at radius 2 is 1.91 bits per heavy atom. The molecule has 0 aliphatic carbocycles. The maximum absolute atomic E-state index is 11.3. The molecule has 120 valence electrons. The van der Waals surface area contributed by atoms with Crippen LogP contribution in [-0.4, -0.2) is 17.0 Å². The van der Waals surface area contributed by atoms with Gasteiger partial charge in [0.1, 0.15) is 5.75 Å². The molecule has 0 aliphatic rings. The van der Waals surface area contributed by atoms with E-state index in [2.05, 4.69) is 11.6 Å². The van der Waals surface area contributed by atoms with Gasteiger partial charge in [-0.05, 0) is 6.42 Å². The molecule has 0 radical (unpaired) electrons. The molecule has 22 heavy (non-hydrogen) atoms. The molecular formula is C15H19O6P. The van der Waals surface area contributed by atoms with E-state index >= 15 is 0 Å². The number of phenolic OH excluding ortho intramolecular Hbond substituents is 1. The number of fused-ring (bicyclic) bond motifs is 1. The number of hydrogen-bond acceptors (Lipinski definition) is 6. The van der Waals surface area contributed by atoms with Crippen molar-refractivity contribution in [2.24, 2.45) is 0 Å². The van der Waals surface area contributed by atoms with Gasteiger partial charge in [0, 0.05) is 16.8 Å². The fraction of sp³-hybridized carbons (Fsp3) is 0.333. The summed E-state index contributed by atoms with van der Waals surface area (Å²) >= 11 is 0. The third-order valence-electron chi connectivity index (χ3n) is 3.20. The summed E-state index contributed by atoms with van der Waals surface area (Å²) < 4.78 is 25.6. The van der Waals surface area contributed by atoms with E-state index in [9.17, 15) is 9.67 Å². The van der Waals surface area contributed by atoms with Gasteiger partial charge in [-0.2, -0.15) is 0 Å². The van der Waals surface area contributed by atoms with Crippen LogP contribution in [-0.2, 0) is 9.24 Å². The first kappa shape index (κ1) is 16.6. The van der Waals surface area contributed by atoms with E-state index in [-0.39, 0.29) is 11.5 Å². The van der Waals surface area contributed by atoms with Gasteiger partial charge in [0.15, 0.2) is 11.5 Å². The highest BCUT2D eigenvalue weighted by atomic mass is 31.1. The fourth-order valence-electron chi connectivity index (χ4n) is 2.16. The smallest absolute Gasteiger partial charge is 0.394 e. The first-order chi connectivity index (χ1) is 10.7. The molecule has 6 nitrogen and oxygen atoms in total. The molecule has 1 unspecified atom stereocenters. The highest BCUT2D eigenvalue weighted by Crippen LogP contribution is 2.44. The zero-order valence-electron chi connectivity index (χ0n) is 12.2. The van der Waals surface area contributed by atoms with E-state index in [0.29, 0.717) is 17.7 Å². The van der Waals surface area contributed by atoms with Crippen LogP contribution >= 0.6 is 8.25 Å². The summed E-state index contributed by atoms with van der Waals surface area (Å²) in [5, 5.41) is 19.7. The molecule has 0 spiro atoms. The number of benzene rings is 2. The lowest BCUT2D eigenvalue weighted by Crippen LogP contribution is -1.98. The quantitative estimate of drug-likeness (QED) is 0.324. The molecule has 0 aliphatic heterocycles. The maximum atomic E-state index is 11.3. The Bertz CT molecular complexity index is 658. The molecule has 0 fully saturated rings. The highest BCUT2D eigenvalue weighted by Gasteiger charge is 2.16. The Morgan fingerprint density at radius 1 is 1.18 bits per heavy atom. The van der Waals surface area contributed by atoms with Gasteiger partial charge >= 0.3 is 8.25 Å². The van der Waals surface area contributed by atoms with Gasteiger partial charge in [0.2, 0.25) is 0 Å². The molecule has 2 N–H and O–H groups in total. The van der Waals surface area contributed by atoms with E-state index < -0.39 is 8.25 Å². The molecule has 2 aromatic rings. The molecule has 7 heteroatoms. The topological polar surface area (TPSA) is 85.2 Å². The maximum Gasteiger partial charge on any atom is 0.394 e. The van der Waals surface area contributed by atoms with Crippen molar-refractivity contribution in [3.05, 3.63) is 30.3 Å². The van der Waals surface area contributed by atoms with Crippen LogP contribution in [0.1, 0.15) is 26.2 Å². The molecule has 0 saturated carbocycles. The van der Waals surface area contributed by atoms with Gasteiger partial charge in [-0.15, -0.1) is 4.67 Å². The second-order valence-electron chi connectivity index (χ2n) is 4.77. The number of hydrogen-bond donors (Lipinski definition) is 2. The van der Waals surface area contributed by atoms with Crippen LogP contribution in [0, 0.1) is 0 Å². The summed E-state index contributed by atoms with van der Waals surface area (Å²) in [6.45, 7) is 2.66. The van der Waals surface area contributed by atoms with Gasteiger partial charge in [-0.25, -0.2) is 9.82 Å². The lowest BCUT2D eigenvalue weighted by atomic mass is 10.1. The minimum absolute atomic E-state index is 0.00514. The van der Waals surface area contributed by atoms with Gasteiger partial charge in [0.05, 0.1) is 6.61 Å². The summed E-state index contributed by atoms with van der Waals surface area (Å²) in [7, 11) is -3.13. The van der Waals surface area contributed by atoms with Crippen LogP contribution < -0.4 is 9.26 Å². The number of rotatable bonds is 8. The predicted molar refractivity (Wildman–Crippen MR) is 84.0 cm³/mol. The third kappa shape index (κ3) is 3.91. The number of unbranched alkanes of at least 4 members (excludes halogenated alkanes) is 2. The average molecular weight is 326 g/mol. The normalized spacial score (nSPS) is 12.3. The minimum Gasteiger partial charge on any atom is -0.504 e.